The molecule has 0 aromatic heterocycles. The van der Waals surface area contributed by atoms with Crippen molar-refractivity contribution in [1.29, 1.82) is 0 Å². The van der Waals surface area contributed by atoms with E-state index >= 15 is 0 Å². The van der Waals surface area contributed by atoms with Crippen LogP contribution in [0.25, 0.3) is 0 Å². The highest BCUT2D eigenvalue weighted by Crippen LogP contribution is 2.54. The SMILES string of the molecule is CNCCC(C)(O)C1CC1c1ccccc1. The Bertz CT molecular complexity index is 334. The first kappa shape index (κ1) is 11.6. The van der Waals surface area contributed by atoms with Crippen LogP contribution in [-0.4, -0.2) is 24.3 Å². The molecule has 1 aromatic rings. The molecule has 1 aliphatic rings. The summed E-state index contributed by atoms with van der Waals surface area (Å²) in [6.07, 6.45) is 1.96. The molecule has 2 nitrogen and oxygen atoms in total. The van der Waals surface area contributed by atoms with E-state index in [4.69, 9.17) is 0 Å². The first-order chi connectivity index (χ1) is 7.65. The van der Waals surface area contributed by atoms with E-state index in [0.717, 1.165) is 19.4 Å². The molecule has 3 unspecified atom stereocenters. The number of hydrogen-bond donors (Lipinski definition) is 2. The fraction of sp³-hybridized carbons (Fsp3) is 0.571. The third-order valence-corrected chi connectivity index (χ3v) is 3.70. The molecule has 2 rings (SSSR count). The summed E-state index contributed by atoms with van der Waals surface area (Å²) in [7, 11) is 1.93. The monoisotopic (exact) mass is 219 g/mol. The zero-order valence-electron chi connectivity index (χ0n) is 10.1. The normalized spacial score (nSPS) is 27.4. The van der Waals surface area contributed by atoms with Gasteiger partial charge in [0.05, 0.1) is 5.60 Å². The van der Waals surface area contributed by atoms with Gasteiger partial charge in [-0.2, -0.15) is 0 Å². The predicted molar refractivity (Wildman–Crippen MR) is 66.5 cm³/mol. The van der Waals surface area contributed by atoms with Gasteiger partial charge in [-0.25, -0.2) is 0 Å². The highest BCUT2D eigenvalue weighted by molar-refractivity contribution is 5.27. The molecule has 2 heteroatoms. The first-order valence-electron chi connectivity index (χ1n) is 6.07. The summed E-state index contributed by atoms with van der Waals surface area (Å²) >= 11 is 0. The van der Waals surface area contributed by atoms with Crippen molar-refractivity contribution in [3.8, 4) is 0 Å². The Morgan fingerprint density at radius 2 is 2.06 bits per heavy atom. The maximum Gasteiger partial charge on any atom is 0.0665 e. The second-order valence-electron chi connectivity index (χ2n) is 5.07. The molecule has 0 spiro atoms. The van der Waals surface area contributed by atoms with Crippen LogP contribution in [0.5, 0.6) is 0 Å². The molecule has 0 aliphatic heterocycles. The van der Waals surface area contributed by atoms with Crippen molar-refractivity contribution in [3.63, 3.8) is 0 Å². The lowest BCUT2D eigenvalue weighted by atomic mass is 9.93. The fourth-order valence-electron chi connectivity index (χ4n) is 2.51. The Morgan fingerprint density at radius 3 is 2.69 bits per heavy atom. The molecule has 0 heterocycles. The smallest absolute Gasteiger partial charge is 0.0665 e. The largest absolute Gasteiger partial charge is 0.390 e. The summed E-state index contributed by atoms with van der Waals surface area (Å²) in [6, 6.07) is 10.5. The van der Waals surface area contributed by atoms with Crippen molar-refractivity contribution in [2.75, 3.05) is 13.6 Å². The van der Waals surface area contributed by atoms with Crippen LogP contribution >= 0.6 is 0 Å². The van der Waals surface area contributed by atoms with E-state index in [1.165, 1.54) is 5.56 Å². The average Bonchev–Trinajstić information content (AvgIpc) is 3.08. The Labute approximate surface area is 97.7 Å². The molecule has 1 aromatic carbocycles. The van der Waals surface area contributed by atoms with E-state index < -0.39 is 5.60 Å². The van der Waals surface area contributed by atoms with Gasteiger partial charge in [-0.3, -0.25) is 0 Å². The molecule has 0 bridgehead atoms. The van der Waals surface area contributed by atoms with Crippen molar-refractivity contribution in [1.82, 2.24) is 5.32 Å². The van der Waals surface area contributed by atoms with E-state index in [1.54, 1.807) is 0 Å². The van der Waals surface area contributed by atoms with Gasteiger partial charge in [0, 0.05) is 0 Å². The van der Waals surface area contributed by atoms with Gasteiger partial charge >= 0.3 is 0 Å². The summed E-state index contributed by atoms with van der Waals surface area (Å²) < 4.78 is 0. The Kier molecular flexibility index (Phi) is 3.31. The first-order valence-corrected chi connectivity index (χ1v) is 6.07. The van der Waals surface area contributed by atoms with Gasteiger partial charge in [0.25, 0.3) is 0 Å². The molecular weight excluding hydrogens is 198 g/mol. The molecule has 2 N–H and O–H groups in total. The minimum atomic E-state index is -0.524. The predicted octanol–water partition coefficient (Wildman–Crippen LogP) is 2.15. The van der Waals surface area contributed by atoms with E-state index in [2.05, 4.69) is 29.6 Å². The molecule has 3 atom stereocenters. The van der Waals surface area contributed by atoms with Crippen LogP contribution < -0.4 is 5.32 Å². The van der Waals surface area contributed by atoms with Crippen LogP contribution in [0, 0.1) is 5.92 Å². The van der Waals surface area contributed by atoms with Gasteiger partial charge < -0.3 is 10.4 Å². The van der Waals surface area contributed by atoms with Gasteiger partial charge in [0.15, 0.2) is 0 Å². The van der Waals surface area contributed by atoms with Crippen LogP contribution in [0.1, 0.15) is 31.2 Å². The molecule has 16 heavy (non-hydrogen) atoms. The van der Waals surface area contributed by atoms with Gasteiger partial charge in [-0.05, 0) is 50.8 Å². The molecule has 0 radical (unpaired) electrons. The lowest BCUT2D eigenvalue weighted by Gasteiger charge is -2.23. The van der Waals surface area contributed by atoms with E-state index in [9.17, 15) is 5.11 Å². The third kappa shape index (κ3) is 2.45. The zero-order valence-corrected chi connectivity index (χ0v) is 10.1. The standard InChI is InChI=1S/C14H21NO/c1-14(16,8-9-15-2)13-10-12(13)11-6-4-3-5-7-11/h3-7,12-13,15-16H,8-10H2,1-2H3. The summed E-state index contributed by atoms with van der Waals surface area (Å²) in [5.41, 5.74) is 0.848. The lowest BCUT2D eigenvalue weighted by Crippen LogP contribution is -2.31. The highest BCUT2D eigenvalue weighted by atomic mass is 16.3. The summed E-state index contributed by atoms with van der Waals surface area (Å²) in [5.74, 6) is 0.997. The number of nitrogens with one attached hydrogen (secondary N) is 1. The topological polar surface area (TPSA) is 32.3 Å². The summed E-state index contributed by atoms with van der Waals surface area (Å²) in [6.45, 7) is 2.85. The zero-order chi connectivity index (χ0) is 11.6. The van der Waals surface area contributed by atoms with Gasteiger partial charge in [-0.15, -0.1) is 0 Å². The van der Waals surface area contributed by atoms with Gasteiger partial charge in [0.1, 0.15) is 0 Å². The molecule has 1 fully saturated rings. The molecule has 1 saturated carbocycles. The minimum absolute atomic E-state index is 0.434. The number of benzene rings is 1. The van der Waals surface area contributed by atoms with E-state index in [1.807, 2.05) is 20.0 Å². The Morgan fingerprint density at radius 1 is 1.38 bits per heavy atom. The van der Waals surface area contributed by atoms with Crippen LogP contribution in [0.4, 0.5) is 0 Å². The number of hydrogen-bond acceptors (Lipinski definition) is 2. The molecule has 0 saturated heterocycles. The summed E-state index contributed by atoms with van der Waals surface area (Å²) in [5, 5.41) is 13.5. The van der Waals surface area contributed by atoms with Crippen LogP contribution in [-0.2, 0) is 0 Å². The van der Waals surface area contributed by atoms with E-state index in [0.29, 0.717) is 11.8 Å². The van der Waals surface area contributed by atoms with Crippen LogP contribution in [0.2, 0.25) is 0 Å². The lowest BCUT2D eigenvalue weighted by molar-refractivity contribution is 0.0268. The quantitative estimate of drug-likeness (QED) is 0.795. The van der Waals surface area contributed by atoms with Crippen molar-refractivity contribution in [3.05, 3.63) is 35.9 Å². The van der Waals surface area contributed by atoms with Gasteiger partial charge in [0.2, 0.25) is 0 Å². The Balaban J connectivity index is 1.95. The maximum atomic E-state index is 10.4. The minimum Gasteiger partial charge on any atom is -0.390 e. The van der Waals surface area contributed by atoms with Crippen LogP contribution in [0.15, 0.2) is 30.3 Å². The third-order valence-electron chi connectivity index (χ3n) is 3.70. The number of aliphatic hydroxyl groups is 1. The second-order valence-corrected chi connectivity index (χ2v) is 5.07. The molecule has 1 aliphatic carbocycles. The van der Waals surface area contributed by atoms with Crippen LogP contribution in [0.3, 0.4) is 0 Å². The molecule has 0 amide bonds. The second kappa shape index (κ2) is 4.56. The Hall–Kier alpha value is -0.860. The van der Waals surface area contributed by atoms with Crippen molar-refractivity contribution >= 4 is 0 Å². The fourth-order valence-corrected chi connectivity index (χ4v) is 2.51. The molecule has 88 valence electrons. The van der Waals surface area contributed by atoms with Crippen molar-refractivity contribution < 1.29 is 5.11 Å². The maximum absolute atomic E-state index is 10.4. The number of rotatable bonds is 5. The van der Waals surface area contributed by atoms with Gasteiger partial charge in [-0.1, -0.05) is 30.3 Å². The molecular formula is C14H21NO. The van der Waals surface area contributed by atoms with E-state index in [-0.39, 0.29) is 0 Å². The highest BCUT2D eigenvalue weighted by Gasteiger charge is 2.49. The van der Waals surface area contributed by atoms with Crippen molar-refractivity contribution in [2.45, 2.75) is 31.3 Å². The summed E-state index contributed by atoms with van der Waals surface area (Å²) in [4.78, 5) is 0. The van der Waals surface area contributed by atoms with Crippen molar-refractivity contribution in [2.24, 2.45) is 5.92 Å². The average molecular weight is 219 g/mol.